The molecule has 0 unspecified atom stereocenters. The van der Waals surface area contributed by atoms with Crippen molar-refractivity contribution >= 4 is 11.6 Å². The zero-order chi connectivity index (χ0) is 18.5. The van der Waals surface area contributed by atoms with Crippen LogP contribution in [0.5, 0.6) is 0 Å². The summed E-state index contributed by atoms with van der Waals surface area (Å²) in [6.07, 6.45) is 8.08. The van der Waals surface area contributed by atoms with Crippen LogP contribution in [0.1, 0.15) is 93.4 Å². The first-order chi connectivity index (χ1) is 11.1. The Kier molecular flexibility index (Phi) is 7.63. The molecule has 24 heavy (non-hydrogen) atoms. The number of hydrogen-bond donors (Lipinski definition) is 0. The summed E-state index contributed by atoms with van der Waals surface area (Å²) in [6, 6.07) is 0. The molecule has 0 spiro atoms. The Balaban J connectivity index is 2.86. The number of carbonyl (C=O) groups is 2. The third-order valence-corrected chi connectivity index (χ3v) is 5.23. The van der Waals surface area contributed by atoms with E-state index in [1.165, 1.54) is 32.1 Å². The Bertz CT molecular complexity index is 541. The van der Waals surface area contributed by atoms with Crippen LogP contribution in [0.25, 0.3) is 0 Å². The van der Waals surface area contributed by atoms with Gasteiger partial charge in [-0.1, -0.05) is 66.7 Å². The molecule has 0 N–H and O–H groups in total. The lowest BCUT2D eigenvalue weighted by Crippen LogP contribution is -2.29. The zero-order valence-corrected chi connectivity index (χ0v) is 16.8. The molecular formula is C22H36O2. The summed E-state index contributed by atoms with van der Waals surface area (Å²) in [6.45, 7) is 14.2. The van der Waals surface area contributed by atoms with Crippen molar-refractivity contribution in [1.29, 1.82) is 0 Å². The molecule has 0 aliphatic heterocycles. The highest BCUT2D eigenvalue weighted by Gasteiger charge is 2.35. The lowest BCUT2D eigenvalue weighted by atomic mass is 9.72. The molecule has 0 radical (unpaired) electrons. The zero-order valence-electron chi connectivity index (χ0n) is 16.8. The molecule has 0 saturated carbocycles. The van der Waals surface area contributed by atoms with E-state index in [4.69, 9.17) is 0 Å². The minimum atomic E-state index is -0.283. The average Bonchev–Trinajstić information content (AvgIpc) is 2.50. The van der Waals surface area contributed by atoms with Crippen molar-refractivity contribution in [3.63, 3.8) is 0 Å². The van der Waals surface area contributed by atoms with E-state index in [0.29, 0.717) is 17.1 Å². The summed E-state index contributed by atoms with van der Waals surface area (Å²) in [5, 5.41) is 0. The van der Waals surface area contributed by atoms with Gasteiger partial charge in [-0.25, -0.2) is 0 Å². The molecular weight excluding hydrogens is 296 g/mol. The highest BCUT2D eigenvalue weighted by molar-refractivity contribution is 6.25. The van der Waals surface area contributed by atoms with Gasteiger partial charge in [0.2, 0.25) is 0 Å². The van der Waals surface area contributed by atoms with Crippen molar-refractivity contribution in [2.45, 2.75) is 93.4 Å². The summed E-state index contributed by atoms with van der Waals surface area (Å²) >= 11 is 0. The Morgan fingerprint density at radius 3 is 2.00 bits per heavy atom. The molecule has 1 aliphatic rings. The van der Waals surface area contributed by atoms with Gasteiger partial charge < -0.3 is 0 Å². The van der Waals surface area contributed by atoms with Gasteiger partial charge in [-0.2, -0.15) is 0 Å². The van der Waals surface area contributed by atoms with E-state index in [0.717, 1.165) is 24.0 Å². The van der Waals surface area contributed by atoms with Crippen molar-refractivity contribution in [2.24, 2.45) is 11.3 Å². The maximum absolute atomic E-state index is 12.8. The SMILES string of the molecule is CCCCCC[C@@H](C)CCC1=C(C(C)(C)C)C(=O)C(C)=C(C)C1=O. The number of carbonyl (C=O) groups excluding carboxylic acids is 2. The molecule has 0 saturated heterocycles. The molecule has 0 heterocycles. The molecule has 0 fully saturated rings. The van der Waals surface area contributed by atoms with E-state index in [2.05, 4.69) is 13.8 Å². The molecule has 0 amide bonds. The van der Waals surface area contributed by atoms with Gasteiger partial charge in [0.25, 0.3) is 0 Å². The first kappa shape index (κ1) is 20.9. The summed E-state index contributed by atoms with van der Waals surface area (Å²) in [5.74, 6) is 0.770. The minimum absolute atomic E-state index is 0.0743. The van der Waals surface area contributed by atoms with E-state index in [1.54, 1.807) is 13.8 Å². The predicted molar refractivity (Wildman–Crippen MR) is 102 cm³/mol. The van der Waals surface area contributed by atoms with Gasteiger partial charge in [-0.15, -0.1) is 0 Å². The molecule has 0 aromatic carbocycles. The fraction of sp³-hybridized carbons (Fsp3) is 0.727. The Morgan fingerprint density at radius 2 is 1.46 bits per heavy atom. The molecule has 1 aliphatic carbocycles. The van der Waals surface area contributed by atoms with Crippen LogP contribution in [0.3, 0.4) is 0 Å². The van der Waals surface area contributed by atoms with Crippen molar-refractivity contribution in [1.82, 2.24) is 0 Å². The van der Waals surface area contributed by atoms with E-state index >= 15 is 0 Å². The smallest absolute Gasteiger partial charge is 0.186 e. The third-order valence-electron chi connectivity index (χ3n) is 5.23. The highest BCUT2D eigenvalue weighted by atomic mass is 16.1. The second kappa shape index (κ2) is 8.78. The van der Waals surface area contributed by atoms with E-state index in [-0.39, 0.29) is 17.0 Å². The fourth-order valence-electron chi connectivity index (χ4n) is 3.49. The van der Waals surface area contributed by atoms with Gasteiger partial charge >= 0.3 is 0 Å². The normalized spacial score (nSPS) is 17.8. The van der Waals surface area contributed by atoms with Gasteiger partial charge in [0.1, 0.15) is 0 Å². The number of allylic oxidation sites excluding steroid dienone is 4. The van der Waals surface area contributed by atoms with Crippen molar-refractivity contribution in [3.05, 3.63) is 22.3 Å². The second-order valence-corrected chi connectivity index (χ2v) is 8.50. The van der Waals surface area contributed by atoms with Crippen LogP contribution >= 0.6 is 0 Å². The average molecular weight is 333 g/mol. The van der Waals surface area contributed by atoms with Crippen molar-refractivity contribution < 1.29 is 9.59 Å². The van der Waals surface area contributed by atoms with Crippen LogP contribution in [-0.2, 0) is 9.59 Å². The van der Waals surface area contributed by atoms with Gasteiger partial charge in [0.05, 0.1) is 0 Å². The Morgan fingerprint density at radius 1 is 0.875 bits per heavy atom. The maximum atomic E-state index is 12.8. The van der Waals surface area contributed by atoms with Gasteiger partial charge in [-0.3, -0.25) is 9.59 Å². The van der Waals surface area contributed by atoms with Crippen LogP contribution in [0, 0.1) is 11.3 Å². The quantitative estimate of drug-likeness (QED) is 0.391. The molecule has 0 aromatic heterocycles. The van der Waals surface area contributed by atoms with Crippen molar-refractivity contribution in [3.8, 4) is 0 Å². The monoisotopic (exact) mass is 332 g/mol. The lowest BCUT2D eigenvalue weighted by Gasteiger charge is -2.30. The van der Waals surface area contributed by atoms with Gasteiger partial charge in [-0.05, 0) is 38.0 Å². The fourth-order valence-corrected chi connectivity index (χ4v) is 3.49. The third kappa shape index (κ3) is 5.16. The summed E-state index contributed by atoms with van der Waals surface area (Å²) in [7, 11) is 0. The first-order valence-corrected chi connectivity index (χ1v) is 9.61. The van der Waals surface area contributed by atoms with Crippen molar-refractivity contribution in [2.75, 3.05) is 0 Å². The number of unbranched alkanes of at least 4 members (excludes halogenated alkanes) is 3. The molecule has 2 nitrogen and oxygen atoms in total. The van der Waals surface area contributed by atoms with Gasteiger partial charge in [0, 0.05) is 22.3 Å². The Hall–Kier alpha value is -1.18. The maximum Gasteiger partial charge on any atom is 0.186 e. The number of ketones is 2. The number of Topliss-reactive ketones (excluding diaryl/α,β-unsaturated/α-hetero) is 2. The van der Waals surface area contributed by atoms with Crippen LogP contribution in [0.4, 0.5) is 0 Å². The van der Waals surface area contributed by atoms with E-state index in [9.17, 15) is 9.59 Å². The molecule has 1 rings (SSSR count). The summed E-state index contributed by atoms with van der Waals surface area (Å²) in [4.78, 5) is 25.5. The molecule has 0 aromatic rings. The minimum Gasteiger partial charge on any atom is -0.289 e. The summed E-state index contributed by atoms with van der Waals surface area (Å²) in [5.41, 5.74) is 2.50. The van der Waals surface area contributed by atoms with E-state index < -0.39 is 0 Å². The first-order valence-electron chi connectivity index (χ1n) is 9.61. The topological polar surface area (TPSA) is 34.1 Å². The van der Waals surface area contributed by atoms with Crippen LogP contribution in [0.2, 0.25) is 0 Å². The standard InChI is InChI=1S/C22H36O2/c1-8-9-10-11-12-15(2)13-14-18-19(22(5,6)7)21(24)17(4)16(3)20(18)23/h15H,8-14H2,1-7H3/t15-/m1/s1. The number of hydrogen-bond acceptors (Lipinski definition) is 2. The molecule has 0 bridgehead atoms. The largest absolute Gasteiger partial charge is 0.289 e. The highest BCUT2D eigenvalue weighted by Crippen LogP contribution is 2.38. The van der Waals surface area contributed by atoms with Crippen LogP contribution < -0.4 is 0 Å². The van der Waals surface area contributed by atoms with Crippen LogP contribution in [0.15, 0.2) is 22.3 Å². The summed E-state index contributed by atoms with van der Waals surface area (Å²) < 4.78 is 0. The number of rotatable bonds is 8. The lowest BCUT2D eigenvalue weighted by molar-refractivity contribution is -0.117. The predicted octanol–water partition coefficient (Wildman–Crippen LogP) is 6.20. The van der Waals surface area contributed by atoms with E-state index in [1.807, 2.05) is 20.8 Å². The molecule has 2 heteroatoms. The molecule has 1 atom stereocenters. The van der Waals surface area contributed by atoms with Gasteiger partial charge in [0.15, 0.2) is 11.6 Å². The Labute approximate surface area is 148 Å². The van der Waals surface area contributed by atoms with Crippen LogP contribution in [-0.4, -0.2) is 11.6 Å². The second-order valence-electron chi connectivity index (χ2n) is 8.50. The molecule has 136 valence electrons.